The fourth-order valence-electron chi connectivity index (χ4n) is 4.02. The van der Waals surface area contributed by atoms with Gasteiger partial charge in [-0.3, -0.25) is 0 Å². The summed E-state index contributed by atoms with van der Waals surface area (Å²) in [5, 5.41) is 3.19. The van der Waals surface area contributed by atoms with Gasteiger partial charge in [-0.05, 0) is 50.4 Å². The molecule has 0 amide bonds. The molecule has 1 aliphatic heterocycles. The van der Waals surface area contributed by atoms with Crippen LogP contribution in [0.25, 0.3) is 0 Å². The van der Waals surface area contributed by atoms with Gasteiger partial charge in [0.2, 0.25) is 0 Å². The molecule has 3 rings (SSSR count). The first-order chi connectivity index (χ1) is 8.81. The Bertz CT molecular complexity index is 283. The number of hydrogen-bond donors (Lipinski definition) is 0. The van der Waals surface area contributed by atoms with Gasteiger partial charge in [-0.15, -0.1) is 0 Å². The van der Waals surface area contributed by atoms with Crippen LogP contribution in [0.3, 0.4) is 0 Å². The highest BCUT2D eigenvalue weighted by atomic mass is 16.7. The second-order valence-corrected chi connectivity index (χ2v) is 6.12. The van der Waals surface area contributed by atoms with Crippen LogP contribution >= 0.6 is 0 Å². The van der Waals surface area contributed by atoms with Crippen molar-refractivity contribution in [3.63, 3.8) is 0 Å². The summed E-state index contributed by atoms with van der Waals surface area (Å²) in [5.41, 5.74) is 0. The molecule has 1 saturated heterocycles. The smallest absolute Gasteiger partial charge is 0.168 e. The quantitative estimate of drug-likeness (QED) is 0.710. The highest BCUT2D eigenvalue weighted by Gasteiger charge is 2.42. The van der Waals surface area contributed by atoms with Crippen LogP contribution in [0.2, 0.25) is 0 Å². The minimum atomic E-state index is -0.224. The largest absolute Gasteiger partial charge is 0.348 e. The van der Waals surface area contributed by atoms with E-state index in [1.54, 1.807) is 0 Å². The summed E-state index contributed by atoms with van der Waals surface area (Å²) in [6, 6.07) is 0.0951. The molecule has 2 saturated carbocycles. The Labute approximate surface area is 108 Å². The number of ether oxygens (including phenoxy) is 2. The molecular weight excluding hydrogens is 230 g/mol. The molecule has 0 bridgehead atoms. The van der Waals surface area contributed by atoms with Gasteiger partial charge in [0.25, 0.3) is 0 Å². The van der Waals surface area contributed by atoms with Gasteiger partial charge >= 0.3 is 0 Å². The molecule has 2 aliphatic carbocycles. The average molecular weight is 253 g/mol. The molecule has 0 aromatic heterocycles. The van der Waals surface area contributed by atoms with Crippen LogP contribution in [0.15, 0.2) is 5.18 Å². The number of nitrogens with zero attached hydrogens (tertiary/aromatic N) is 1. The van der Waals surface area contributed by atoms with Crippen LogP contribution in [0.5, 0.6) is 0 Å². The summed E-state index contributed by atoms with van der Waals surface area (Å²) in [4.78, 5) is 10.5. The summed E-state index contributed by atoms with van der Waals surface area (Å²) >= 11 is 0. The molecule has 3 fully saturated rings. The first-order valence-electron chi connectivity index (χ1n) is 7.42. The maximum atomic E-state index is 10.5. The zero-order valence-corrected chi connectivity index (χ0v) is 11.0. The monoisotopic (exact) mass is 253 g/mol. The van der Waals surface area contributed by atoms with Crippen molar-refractivity contribution >= 4 is 0 Å². The highest BCUT2D eigenvalue weighted by Crippen LogP contribution is 2.44. The van der Waals surface area contributed by atoms with Crippen molar-refractivity contribution in [3.05, 3.63) is 4.91 Å². The van der Waals surface area contributed by atoms with Gasteiger partial charge in [0.05, 0.1) is 19.3 Å². The van der Waals surface area contributed by atoms with Crippen LogP contribution in [0, 0.1) is 16.7 Å². The molecule has 0 aromatic carbocycles. The minimum absolute atomic E-state index is 0.0951. The second kappa shape index (κ2) is 5.25. The van der Waals surface area contributed by atoms with Gasteiger partial charge in [-0.2, -0.15) is 4.91 Å². The van der Waals surface area contributed by atoms with Gasteiger partial charge < -0.3 is 9.47 Å². The van der Waals surface area contributed by atoms with Crippen molar-refractivity contribution in [2.24, 2.45) is 17.0 Å². The van der Waals surface area contributed by atoms with Gasteiger partial charge in [-0.1, -0.05) is 5.18 Å². The molecule has 0 aromatic rings. The van der Waals surface area contributed by atoms with Crippen molar-refractivity contribution < 1.29 is 9.47 Å². The average Bonchev–Trinajstić information content (AvgIpc) is 2.88. The fraction of sp³-hybridized carbons (Fsp3) is 1.00. The van der Waals surface area contributed by atoms with Crippen molar-refractivity contribution in [3.8, 4) is 0 Å². The van der Waals surface area contributed by atoms with E-state index >= 15 is 0 Å². The van der Waals surface area contributed by atoms with E-state index < -0.39 is 0 Å². The molecule has 18 heavy (non-hydrogen) atoms. The maximum absolute atomic E-state index is 10.5. The summed E-state index contributed by atoms with van der Waals surface area (Å²) in [5.74, 6) is 1.40. The summed E-state index contributed by atoms with van der Waals surface area (Å²) in [6.07, 6.45) is 8.96. The molecule has 1 heterocycles. The molecular formula is C14H23NO3. The minimum Gasteiger partial charge on any atom is -0.348 e. The van der Waals surface area contributed by atoms with Crippen molar-refractivity contribution in [1.29, 1.82) is 0 Å². The lowest BCUT2D eigenvalue weighted by Gasteiger charge is -2.40. The predicted octanol–water partition coefficient (Wildman–Crippen LogP) is 3.24. The van der Waals surface area contributed by atoms with E-state index in [1.165, 1.54) is 25.7 Å². The van der Waals surface area contributed by atoms with Crippen LogP contribution in [0.1, 0.15) is 51.4 Å². The molecule has 0 radical (unpaired) electrons. The normalized spacial score (nSPS) is 36.9. The Hall–Kier alpha value is -0.480. The van der Waals surface area contributed by atoms with Crippen LogP contribution < -0.4 is 0 Å². The highest BCUT2D eigenvalue weighted by molar-refractivity contribution is 4.87. The van der Waals surface area contributed by atoms with Crippen molar-refractivity contribution in [2.45, 2.75) is 63.2 Å². The first kappa shape index (κ1) is 12.5. The van der Waals surface area contributed by atoms with Crippen molar-refractivity contribution in [1.82, 2.24) is 0 Å². The Morgan fingerprint density at radius 3 is 1.94 bits per heavy atom. The third-order valence-electron chi connectivity index (χ3n) is 5.16. The third kappa shape index (κ3) is 2.45. The van der Waals surface area contributed by atoms with Gasteiger partial charge in [0.1, 0.15) is 0 Å². The Morgan fingerprint density at radius 1 is 0.833 bits per heavy atom. The van der Waals surface area contributed by atoms with Gasteiger partial charge in [0.15, 0.2) is 5.79 Å². The van der Waals surface area contributed by atoms with Crippen LogP contribution in [-0.2, 0) is 9.47 Å². The zero-order chi connectivity index (χ0) is 12.4. The predicted molar refractivity (Wildman–Crippen MR) is 68.1 cm³/mol. The summed E-state index contributed by atoms with van der Waals surface area (Å²) in [6.45, 7) is 1.53. The van der Waals surface area contributed by atoms with E-state index in [1.807, 2.05) is 0 Å². The Kier molecular flexibility index (Phi) is 3.66. The lowest BCUT2D eigenvalue weighted by atomic mass is 9.71. The molecule has 102 valence electrons. The zero-order valence-electron chi connectivity index (χ0n) is 11.0. The van der Waals surface area contributed by atoms with E-state index in [2.05, 4.69) is 5.18 Å². The van der Waals surface area contributed by atoms with E-state index in [9.17, 15) is 4.91 Å². The number of nitroso groups, excluding NO2 is 1. The number of rotatable bonds is 2. The lowest BCUT2D eigenvalue weighted by molar-refractivity contribution is -0.185. The van der Waals surface area contributed by atoms with E-state index in [4.69, 9.17) is 9.47 Å². The SMILES string of the molecule is O=N[C@H]1CC[C@@H](C2CCC3(CC2)OCCO3)CC1. The molecule has 0 unspecified atom stereocenters. The van der Waals surface area contributed by atoms with Crippen LogP contribution in [-0.4, -0.2) is 25.0 Å². The molecule has 3 aliphatic rings. The lowest BCUT2D eigenvalue weighted by Crippen LogP contribution is -2.37. The molecule has 4 nitrogen and oxygen atoms in total. The van der Waals surface area contributed by atoms with Crippen LogP contribution in [0.4, 0.5) is 0 Å². The first-order valence-corrected chi connectivity index (χ1v) is 7.42. The third-order valence-corrected chi connectivity index (χ3v) is 5.16. The van der Waals surface area contributed by atoms with Gasteiger partial charge in [-0.25, -0.2) is 0 Å². The molecule has 0 atom stereocenters. The topological polar surface area (TPSA) is 47.9 Å². The standard InChI is InChI=1S/C14H23NO3/c16-15-13-3-1-11(2-4-13)12-5-7-14(8-6-12)17-9-10-18-14/h11-13H,1-10H2/t11-,13+. The van der Waals surface area contributed by atoms with E-state index in [-0.39, 0.29) is 11.8 Å². The molecule has 0 N–H and O–H groups in total. The maximum Gasteiger partial charge on any atom is 0.168 e. The van der Waals surface area contributed by atoms with Crippen molar-refractivity contribution in [2.75, 3.05) is 13.2 Å². The second-order valence-electron chi connectivity index (χ2n) is 6.12. The number of hydrogen-bond acceptors (Lipinski definition) is 4. The van der Waals surface area contributed by atoms with Gasteiger partial charge in [0, 0.05) is 12.8 Å². The van der Waals surface area contributed by atoms with E-state index in [0.717, 1.165) is 50.7 Å². The fourth-order valence-corrected chi connectivity index (χ4v) is 4.02. The Morgan fingerprint density at radius 2 is 1.39 bits per heavy atom. The summed E-state index contributed by atoms with van der Waals surface area (Å²) < 4.78 is 11.5. The Balaban J connectivity index is 1.49. The molecule has 4 heteroatoms. The molecule has 1 spiro atoms. The summed E-state index contributed by atoms with van der Waals surface area (Å²) in [7, 11) is 0. The van der Waals surface area contributed by atoms with E-state index in [0.29, 0.717) is 0 Å².